The number of nitrogens with one attached hydrogen (secondary N) is 1. The molecule has 2 saturated carbocycles. The Morgan fingerprint density at radius 3 is 2.63 bits per heavy atom. The molecule has 0 radical (unpaired) electrons. The summed E-state index contributed by atoms with van der Waals surface area (Å²) in [6.07, 6.45) is 8.29. The van der Waals surface area contributed by atoms with Crippen molar-refractivity contribution in [1.29, 1.82) is 0 Å². The molecule has 1 aliphatic heterocycles. The maximum atomic E-state index is 16.3. The normalized spacial score (nSPS) is 22.0. The van der Waals surface area contributed by atoms with Gasteiger partial charge in [-0.3, -0.25) is 14.0 Å². The van der Waals surface area contributed by atoms with Crippen molar-refractivity contribution in [3.8, 4) is 17.0 Å². The van der Waals surface area contributed by atoms with Crippen LogP contribution in [-0.2, 0) is 4.79 Å². The molecule has 1 aromatic carbocycles. The van der Waals surface area contributed by atoms with E-state index in [2.05, 4.69) is 15.3 Å². The highest BCUT2D eigenvalue weighted by molar-refractivity contribution is 6.08. The minimum atomic E-state index is -0.949. The molecule has 0 saturated heterocycles. The zero-order valence-electron chi connectivity index (χ0n) is 24.5. The Morgan fingerprint density at radius 2 is 1.93 bits per heavy atom. The molecule has 2 atom stereocenters. The van der Waals surface area contributed by atoms with E-state index in [9.17, 15) is 14.7 Å². The number of carboxylic acids is 1. The van der Waals surface area contributed by atoms with Crippen molar-refractivity contribution < 1.29 is 23.9 Å². The number of carboxylic acid groups (broad SMARTS) is 1. The van der Waals surface area contributed by atoms with Crippen LogP contribution < -0.4 is 15.2 Å². The predicted octanol–water partition coefficient (Wildman–Crippen LogP) is 6.65. The summed E-state index contributed by atoms with van der Waals surface area (Å²) in [5.74, 6) is 0.447. The van der Waals surface area contributed by atoms with Crippen molar-refractivity contribution in [1.82, 2.24) is 19.4 Å². The molecule has 7 rings (SSSR count). The van der Waals surface area contributed by atoms with Crippen LogP contribution >= 0.6 is 0 Å². The first kappa shape index (κ1) is 27.3. The van der Waals surface area contributed by atoms with E-state index in [4.69, 9.17) is 9.72 Å². The van der Waals surface area contributed by atoms with Gasteiger partial charge in [-0.05, 0) is 80.7 Å². The second-order valence-corrected chi connectivity index (χ2v) is 12.5. The van der Waals surface area contributed by atoms with Gasteiger partial charge in [0.25, 0.3) is 5.91 Å². The maximum absolute atomic E-state index is 16.3. The number of aromatic nitrogens is 4. The molecule has 0 bridgehead atoms. The molecule has 2 N–H and O–H groups in total. The van der Waals surface area contributed by atoms with Gasteiger partial charge in [0.1, 0.15) is 28.6 Å². The van der Waals surface area contributed by atoms with Gasteiger partial charge in [-0.1, -0.05) is 18.3 Å². The van der Waals surface area contributed by atoms with Gasteiger partial charge in [0.2, 0.25) is 0 Å². The Bertz CT molecular complexity index is 1820. The monoisotopic (exact) mass is 584 g/mol. The van der Waals surface area contributed by atoms with Crippen LogP contribution in [0, 0.1) is 10.8 Å². The molecular weight excluding hydrogens is 551 g/mol. The highest BCUT2D eigenvalue weighted by Crippen LogP contribution is 2.61. The number of amides is 1. The quantitative estimate of drug-likeness (QED) is 0.232. The number of pyridine rings is 1. The first-order valence-electron chi connectivity index (χ1n) is 14.7. The highest BCUT2D eigenvalue weighted by Gasteiger charge is 2.58. The fourth-order valence-corrected chi connectivity index (χ4v) is 6.83. The summed E-state index contributed by atoms with van der Waals surface area (Å²) >= 11 is 0. The van der Waals surface area contributed by atoms with Gasteiger partial charge >= 0.3 is 5.97 Å². The number of imidazole rings is 1. The number of hydrogen-bond acceptors (Lipinski definition) is 7. The number of carbonyl (C=O) groups excluding carboxylic acids is 1. The summed E-state index contributed by atoms with van der Waals surface area (Å²) in [5.41, 5.74) is 1.20. The van der Waals surface area contributed by atoms with Crippen LogP contribution in [0.25, 0.3) is 16.8 Å². The van der Waals surface area contributed by atoms with Crippen molar-refractivity contribution in [3.05, 3.63) is 59.8 Å². The lowest BCUT2D eigenvalue weighted by Crippen LogP contribution is -2.40. The van der Waals surface area contributed by atoms with Crippen molar-refractivity contribution in [2.24, 2.45) is 10.8 Å². The van der Waals surface area contributed by atoms with E-state index in [1.165, 1.54) is 12.3 Å². The third kappa shape index (κ3) is 4.00. The third-order valence-electron chi connectivity index (χ3n) is 9.92. The number of carbonyl (C=O) groups is 2. The van der Waals surface area contributed by atoms with E-state index in [0.29, 0.717) is 58.0 Å². The Kier molecular flexibility index (Phi) is 6.02. The number of benzene rings is 1. The van der Waals surface area contributed by atoms with Gasteiger partial charge in [0, 0.05) is 30.1 Å². The SMILES string of the molecule is CCOc1cc(C(=O)Nc2cc(C3CC3)ccn2)cc2c1-c1nc([C@@H]3CC[C@](C)(C(=O)O)C3(C)C)n3ccnc(c13)N2F. The van der Waals surface area contributed by atoms with Crippen LogP contribution in [0.4, 0.5) is 21.8 Å². The lowest BCUT2D eigenvalue weighted by atomic mass is 9.65. The first-order valence-corrected chi connectivity index (χ1v) is 14.7. The fourth-order valence-electron chi connectivity index (χ4n) is 6.83. The summed E-state index contributed by atoms with van der Waals surface area (Å²) < 4.78 is 24.1. The number of anilines is 3. The zero-order chi connectivity index (χ0) is 30.3. The topological polar surface area (TPSA) is 122 Å². The van der Waals surface area contributed by atoms with Gasteiger partial charge in [0.15, 0.2) is 5.82 Å². The molecule has 3 aromatic heterocycles. The Balaban J connectivity index is 1.34. The van der Waals surface area contributed by atoms with Crippen molar-refractivity contribution in [3.63, 3.8) is 0 Å². The molecule has 222 valence electrons. The summed E-state index contributed by atoms with van der Waals surface area (Å²) in [5, 5.41) is 13.4. The van der Waals surface area contributed by atoms with Crippen LogP contribution in [-0.4, -0.2) is 42.9 Å². The van der Waals surface area contributed by atoms with E-state index < -0.39 is 22.7 Å². The minimum Gasteiger partial charge on any atom is -0.493 e. The van der Waals surface area contributed by atoms with Crippen LogP contribution in [0.5, 0.6) is 5.75 Å². The molecule has 1 amide bonds. The lowest BCUT2D eigenvalue weighted by molar-refractivity contribution is -0.153. The average molecular weight is 585 g/mol. The smallest absolute Gasteiger partial charge is 0.309 e. The van der Waals surface area contributed by atoms with Gasteiger partial charge < -0.3 is 15.2 Å². The lowest BCUT2D eigenvalue weighted by Gasteiger charge is -2.38. The van der Waals surface area contributed by atoms with E-state index in [0.717, 1.165) is 18.4 Å². The first-order chi connectivity index (χ1) is 20.5. The molecule has 2 fully saturated rings. The third-order valence-corrected chi connectivity index (χ3v) is 9.92. The van der Waals surface area contributed by atoms with Crippen molar-refractivity contribution in [2.75, 3.05) is 17.0 Å². The molecule has 4 aromatic rings. The van der Waals surface area contributed by atoms with Crippen LogP contribution in [0.1, 0.15) is 87.0 Å². The average Bonchev–Trinajstić information content (AvgIpc) is 3.72. The van der Waals surface area contributed by atoms with Gasteiger partial charge in [-0.15, -0.1) is 0 Å². The van der Waals surface area contributed by atoms with E-state index >= 15 is 4.48 Å². The van der Waals surface area contributed by atoms with Crippen molar-refractivity contribution >= 4 is 34.7 Å². The molecule has 2 aliphatic carbocycles. The van der Waals surface area contributed by atoms with E-state index in [-0.39, 0.29) is 29.6 Å². The molecule has 0 unspecified atom stereocenters. The number of fused-ring (bicyclic) bond motifs is 2. The van der Waals surface area contributed by atoms with E-state index in [1.807, 2.05) is 37.3 Å². The molecule has 3 aliphatic rings. The van der Waals surface area contributed by atoms with Gasteiger partial charge in [0.05, 0.1) is 23.3 Å². The summed E-state index contributed by atoms with van der Waals surface area (Å²) in [7, 11) is 0. The van der Waals surface area contributed by atoms with E-state index in [1.54, 1.807) is 25.4 Å². The molecule has 0 spiro atoms. The number of rotatable bonds is 7. The Hall–Kier alpha value is -4.54. The van der Waals surface area contributed by atoms with Crippen LogP contribution in [0.15, 0.2) is 42.9 Å². The molecule has 10 nitrogen and oxygen atoms in total. The maximum Gasteiger partial charge on any atom is 0.309 e. The second kappa shape index (κ2) is 9.48. The zero-order valence-corrected chi connectivity index (χ0v) is 24.5. The Labute approximate surface area is 247 Å². The highest BCUT2D eigenvalue weighted by atomic mass is 19.2. The molecule has 11 heteroatoms. The minimum absolute atomic E-state index is 0.0411. The number of aliphatic carboxylic acids is 1. The standard InChI is InChI=1S/C32H33FN6O4/c1-5-43-22-15-19(29(40)36-23-16-18(9-11-34-23)17-6-7-17)14-21-24(22)25-26-28(39(21)33)35-12-13-38(26)27(37-25)20-8-10-32(4,30(41)42)31(20,2)3/h9,11-17,20H,5-8,10H2,1-4H3,(H,41,42)(H,34,36,40)/t20-,32+/m0/s1. The molecule has 4 heterocycles. The van der Waals surface area contributed by atoms with Gasteiger partial charge in [-0.25, -0.2) is 15.0 Å². The number of ether oxygens (including phenoxy) is 1. The Morgan fingerprint density at radius 1 is 1.14 bits per heavy atom. The summed E-state index contributed by atoms with van der Waals surface area (Å²) in [6.45, 7) is 7.81. The largest absolute Gasteiger partial charge is 0.493 e. The summed E-state index contributed by atoms with van der Waals surface area (Å²) in [6, 6.07) is 6.91. The molecular formula is C32H33FN6O4. The second-order valence-electron chi connectivity index (χ2n) is 12.5. The van der Waals surface area contributed by atoms with Gasteiger partial charge in [-0.2, -0.15) is 5.12 Å². The van der Waals surface area contributed by atoms with Crippen molar-refractivity contribution in [2.45, 2.75) is 65.2 Å². The molecule has 43 heavy (non-hydrogen) atoms. The number of hydrogen-bond donors (Lipinski definition) is 2. The fraction of sp³-hybridized carbons (Fsp3) is 0.406. The predicted molar refractivity (Wildman–Crippen MR) is 159 cm³/mol. The number of nitrogens with zero attached hydrogens (tertiary/aromatic N) is 5. The van der Waals surface area contributed by atoms with Crippen LogP contribution in [0.2, 0.25) is 0 Å². The summed E-state index contributed by atoms with van der Waals surface area (Å²) in [4.78, 5) is 39.5. The van der Waals surface area contributed by atoms with Crippen LogP contribution in [0.3, 0.4) is 0 Å². The number of halogens is 1.